The van der Waals surface area contributed by atoms with Crippen LogP contribution in [-0.2, 0) is 14.3 Å². The Bertz CT molecular complexity index is 339. The fourth-order valence-corrected chi connectivity index (χ4v) is 2.70. The summed E-state index contributed by atoms with van der Waals surface area (Å²) < 4.78 is 5.11. The molecule has 2 aliphatic rings. The Morgan fingerprint density at radius 1 is 1.33 bits per heavy atom. The van der Waals surface area contributed by atoms with Gasteiger partial charge in [0.1, 0.15) is 0 Å². The van der Waals surface area contributed by atoms with Crippen molar-refractivity contribution in [1.29, 1.82) is 0 Å². The van der Waals surface area contributed by atoms with Crippen molar-refractivity contribution in [3.05, 3.63) is 0 Å². The molecule has 1 saturated heterocycles. The Balaban J connectivity index is 2.03. The second-order valence-electron chi connectivity index (χ2n) is 5.23. The van der Waals surface area contributed by atoms with Crippen LogP contribution in [0, 0.1) is 5.92 Å². The van der Waals surface area contributed by atoms with Crippen LogP contribution in [0.1, 0.15) is 32.1 Å². The summed E-state index contributed by atoms with van der Waals surface area (Å²) in [5.41, 5.74) is 4.68. The zero-order valence-corrected chi connectivity index (χ0v) is 10.4. The largest absolute Gasteiger partial charge is 0.479 e. The quantitative estimate of drug-likeness (QED) is 0.652. The van der Waals surface area contributed by atoms with Gasteiger partial charge in [0, 0.05) is 19.1 Å². The molecule has 6 nitrogen and oxygen atoms in total. The third-order valence-corrected chi connectivity index (χ3v) is 3.95. The zero-order chi connectivity index (χ0) is 13.2. The van der Waals surface area contributed by atoms with E-state index < -0.39 is 11.5 Å². The number of carbonyl (C=O) groups excluding carboxylic acids is 1. The third kappa shape index (κ3) is 2.49. The number of carboxylic acid groups (broad SMARTS) is 1. The molecule has 2 fully saturated rings. The van der Waals surface area contributed by atoms with E-state index in [1.54, 1.807) is 0 Å². The van der Waals surface area contributed by atoms with Crippen molar-refractivity contribution in [3.8, 4) is 0 Å². The van der Waals surface area contributed by atoms with Crippen molar-refractivity contribution in [3.63, 3.8) is 0 Å². The molecule has 18 heavy (non-hydrogen) atoms. The van der Waals surface area contributed by atoms with Crippen LogP contribution in [-0.4, -0.2) is 41.8 Å². The molecule has 102 valence electrons. The predicted octanol–water partition coefficient (Wildman–Crippen LogP) is -0.136. The van der Waals surface area contributed by atoms with Gasteiger partial charge in [0.25, 0.3) is 0 Å². The van der Waals surface area contributed by atoms with E-state index in [0.29, 0.717) is 13.0 Å². The first-order valence-electron chi connectivity index (χ1n) is 6.44. The highest BCUT2D eigenvalue weighted by Gasteiger charge is 2.45. The van der Waals surface area contributed by atoms with Gasteiger partial charge in [0.05, 0.1) is 12.5 Å². The van der Waals surface area contributed by atoms with Crippen LogP contribution in [0.4, 0.5) is 0 Å². The summed E-state index contributed by atoms with van der Waals surface area (Å²) in [6.07, 6.45) is 3.90. The number of ether oxygens (including phenoxy) is 1. The molecule has 1 aliphatic carbocycles. The molecule has 0 aromatic rings. The lowest BCUT2D eigenvalue weighted by molar-refractivity contribution is -0.148. The molecular weight excluding hydrogens is 236 g/mol. The van der Waals surface area contributed by atoms with Crippen LogP contribution in [0.25, 0.3) is 0 Å². The molecule has 4 N–H and O–H groups in total. The monoisotopic (exact) mass is 256 g/mol. The van der Waals surface area contributed by atoms with Crippen molar-refractivity contribution in [2.24, 2.45) is 11.7 Å². The number of aliphatic carboxylic acids is 1. The fraction of sp³-hybridized carbons (Fsp3) is 0.833. The highest BCUT2D eigenvalue weighted by molar-refractivity contribution is 5.88. The minimum absolute atomic E-state index is 0.0377. The average molecular weight is 256 g/mol. The number of amides is 1. The molecule has 0 bridgehead atoms. The van der Waals surface area contributed by atoms with Crippen LogP contribution < -0.4 is 11.1 Å². The van der Waals surface area contributed by atoms with Gasteiger partial charge in [-0.25, -0.2) is 4.79 Å². The van der Waals surface area contributed by atoms with Gasteiger partial charge in [-0.2, -0.15) is 0 Å². The minimum atomic E-state index is -1.26. The average Bonchev–Trinajstić information content (AvgIpc) is 2.79. The summed E-state index contributed by atoms with van der Waals surface area (Å²) in [6.45, 7) is 0.402. The normalized spacial score (nSPS) is 36.3. The summed E-state index contributed by atoms with van der Waals surface area (Å²) in [4.78, 5) is 23.5. The van der Waals surface area contributed by atoms with Gasteiger partial charge in [-0.05, 0) is 12.8 Å². The maximum Gasteiger partial charge on any atom is 0.331 e. The topological polar surface area (TPSA) is 102 Å². The van der Waals surface area contributed by atoms with Crippen molar-refractivity contribution in [2.75, 3.05) is 13.2 Å². The number of carbonyl (C=O) groups is 2. The number of hydrogen-bond acceptors (Lipinski definition) is 4. The molecule has 0 aromatic carbocycles. The predicted molar refractivity (Wildman–Crippen MR) is 63.9 cm³/mol. The standard InChI is InChI=1S/C12H20N2O4/c13-9-4-2-1-3-8(9)10(15)14-12(11(16)17)5-6-18-7-12/h8-9H,1-7,13H2,(H,14,15)(H,16,17). The van der Waals surface area contributed by atoms with Gasteiger partial charge in [0.15, 0.2) is 5.54 Å². The van der Waals surface area contributed by atoms with E-state index in [1.807, 2.05) is 0 Å². The van der Waals surface area contributed by atoms with Gasteiger partial charge < -0.3 is 20.9 Å². The smallest absolute Gasteiger partial charge is 0.331 e. The van der Waals surface area contributed by atoms with Gasteiger partial charge in [0.2, 0.25) is 5.91 Å². The molecular formula is C12H20N2O4. The first-order chi connectivity index (χ1) is 8.55. The zero-order valence-electron chi connectivity index (χ0n) is 10.4. The second-order valence-corrected chi connectivity index (χ2v) is 5.23. The number of carboxylic acids is 1. The molecule has 0 radical (unpaired) electrons. The Morgan fingerprint density at radius 2 is 2.06 bits per heavy atom. The summed E-state index contributed by atoms with van der Waals surface area (Å²) in [6, 6.07) is -0.160. The van der Waals surface area contributed by atoms with Crippen molar-refractivity contribution in [2.45, 2.75) is 43.7 Å². The van der Waals surface area contributed by atoms with Crippen LogP contribution in [0.2, 0.25) is 0 Å². The maximum atomic E-state index is 12.2. The molecule has 3 unspecified atom stereocenters. The van der Waals surface area contributed by atoms with Gasteiger partial charge in [-0.1, -0.05) is 12.8 Å². The first-order valence-corrected chi connectivity index (χ1v) is 6.44. The molecule has 0 aromatic heterocycles. The van der Waals surface area contributed by atoms with Gasteiger partial charge in [-0.3, -0.25) is 4.79 Å². The van der Waals surface area contributed by atoms with Gasteiger partial charge >= 0.3 is 5.97 Å². The van der Waals surface area contributed by atoms with E-state index >= 15 is 0 Å². The summed E-state index contributed by atoms with van der Waals surface area (Å²) >= 11 is 0. The lowest BCUT2D eigenvalue weighted by Crippen LogP contribution is -2.58. The van der Waals surface area contributed by atoms with Gasteiger partial charge in [-0.15, -0.1) is 0 Å². The second kappa shape index (κ2) is 5.24. The van der Waals surface area contributed by atoms with Crippen LogP contribution in [0.5, 0.6) is 0 Å². The highest BCUT2D eigenvalue weighted by atomic mass is 16.5. The number of nitrogens with one attached hydrogen (secondary N) is 1. The summed E-state index contributed by atoms with van der Waals surface area (Å²) in [5.74, 6) is -1.54. The van der Waals surface area contributed by atoms with Crippen LogP contribution in [0.3, 0.4) is 0 Å². The van der Waals surface area contributed by atoms with E-state index in [0.717, 1.165) is 25.7 Å². The number of rotatable bonds is 3. The Hall–Kier alpha value is -1.14. The van der Waals surface area contributed by atoms with E-state index in [2.05, 4.69) is 5.32 Å². The van der Waals surface area contributed by atoms with Crippen molar-refractivity contribution < 1.29 is 19.4 Å². The van der Waals surface area contributed by atoms with E-state index in [1.165, 1.54) is 0 Å². The summed E-state index contributed by atoms with van der Waals surface area (Å²) in [5, 5.41) is 11.9. The third-order valence-electron chi connectivity index (χ3n) is 3.95. The highest BCUT2D eigenvalue weighted by Crippen LogP contribution is 2.25. The molecule has 1 amide bonds. The Kier molecular flexibility index (Phi) is 3.87. The molecule has 3 atom stereocenters. The minimum Gasteiger partial charge on any atom is -0.479 e. The number of nitrogens with two attached hydrogens (primary N) is 1. The molecule has 1 aliphatic heterocycles. The molecule has 0 spiro atoms. The van der Waals surface area contributed by atoms with Crippen molar-refractivity contribution >= 4 is 11.9 Å². The van der Waals surface area contributed by atoms with Crippen LogP contribution >= 0.6 is 0 Å². The van der Waals surface area contributed by atoms with E-state index in [-0.39, 0.29) is 24.5 Å². The lowest BCUT2D eigenvalue weighted by atomic mass is 9.83. The first kappa shape index (κ1) is 13.3. The maximum absolute atomic E-state index is 12.2. The van der Waals surface area contributed by atoms with Crippen LogP contribution in [0.15, 0.2) is 0 Å². The lowest BCUT2D eigenvalue weighted by Gasteiger charge is -2.31. The molecule has 1 saturated carbocycles. The molecule has 2 rings (SSSR count). The Labute approximate surface area is 106 Å². The summed E-state index contributed by atoms with van der Waals surface area (Å²) in [7, 11) is 0. The van der Waals surface area contributed by atoms with Crippen molar-refractivity contribution in [1.82, 2.24) is 5.32 Å². The SMILES string of the molecule is NC1CCCCC1C(=O)NC1(C(=O)O)CCOC1. The van der Waals surface area contributed by atoms with E-state index in [9.17, 15) is 14.7 Å². The Morgan fingerprint density at radius 3 is 2.61 bits per heavy atom. The molecule has 6 heteroatoms. The molecule has 1 heterocycles. The van der Waals surface area contributed by atoms with E-state index in [4.69, 9.17) is 10.5 Å². The fourth-order valence-electron chi connectivity index (χ4n) is 2.70. The number of hydrogen-bond donors (Lipinski definition) is 3.